The van der Waals surface area contributed by atoms with Gasteiger partial charge in [0.1, 0.15) is 17.3 Å². The number of hydrogen-bond donors (Lipinski definition) is 0. The van der Waals surface area contributed by atoms with Gasteiger partial charge in [0.05, 0.1) is 14.7 Å². The van der Waals surface area contributed by atoms with E-state index in [0.717, 1.165) is 0 Å². The Hall–Kier alpha value is -2.90. The molecule has 0 amide bonds. The van der Waals surface area contributed by atoms with E-state index in [9.17, 15) is 16.8 Å². The van der Waals surface area contributed by atoms with Crippen LogP contribution >= 0.6 is 0 Å². The molecule has 0 bridgehead atoms. The molecule has 0 spiro atoms. The average molecular weight is 429 g/mol. The molecule has 3 rings (SSSR count). The summed E-state index contributed by atoms with van der Waals surface area (Å²) in [6.45, 7) is 5.27. The predicted molar refractivity (Wildman–Crippen MR) is 111 cm³/mol. The maximum atomic E-state index is 13.2. The van der Waals surface area contributed by atoms with E-state index in [-0.39, 0.29) is 31.9 Å². The molecule has 0 aliphatic carbocycles. The van der Waals surface area contributed by atoms with Gasteiger partial charge in [-0.1, -0.05) is 49.1 Å². The third-order valence-corrected chi connectivity index (χ3v) is 7.99. The van der Waals surface area contributed by atoms with Gasteiger partial charge in [-0.2, -0.15) is 0 Å². The highest BCUT2D eigenvalue weighted by atomic mass is 32.2. The Morgan fingerprint density at radius 2 is 1.28 bits per heavy atom. The molecule has 150 valence electrons. The van der Waals surface area contributed by atoms with Crippen LogP contribution in [0.5, 0.6) is 5.75 Å². The standard InChI is InChI=1S/C22H20O5S2/c1-3-14-27-20-15-17(2)21(28(23,24)18-10-6-4-7-11-18)16-22(20)29(25,26)19-12-8-5-9-13-19/h3-13,15-16H,1,14H2,2H3. The zero-order valence-electron chi connectivity index (χ0n) is 15.8. The molecule has 3 aromatic carbocycles. The maximum Gasteiger partial charge on any atom is 0.210 e. The molecular formula is C22H20O5S2. The van der Waals surface area contributed by atoms with Gasteiger partial charge in [0, 0.05) is 0 Å². The summed E-state index contributed by atoms with van der Waals surface area (Å²) < 4.78 is 58.3. The molecule has 0 radical (unpaired) electrons. The zero-order chi connectivity index (χ0) is 21.1. The van der Waals surface area contributed by atoms with Gasteiger partial charge in [0.2, 0.25) is 19.7 Å². The first-order valence-electron chi connectivity index (χ1n) is 8.77. The minimum absolute atomic E-state index is 0.0513. The molecule has 0 atom stereocenters. The van der Waals surface area contributed by atoms with E-state index < -0.39 is 19.7 Å². The first-order chi connectivity index (χ1) is 13.8. The van der Waals surface area contributed by atoms with Crippen LogP contribution in [-0.4, -0.2) is 23.4 Å². The van der Waals surface area contributed by atoms with Crippen LogP contribution in [-0.2, 0) is 19.7 Å². The third-order valence-electron chi connectivity index (χ3n) is 4.28. The van der Waals surface area contributed by atoms with Crippen LogP contribution in [0.2, 0.25) is 0 Å². The van der Waals surface area contributed by atoms with Crippen LogP contribution in [0.1, 0.15) is 5.56 Å². The highest BCUT2D eigenvalue weighted by Crippen LogP contribution is 2.35. The van der Waals surface area contributed by atoms with Gasteiger partial charge >= 0.3 is 0 Å². The summed E-state index contributed by atoms with van der Waals surface area (Å²) in [5.74, 6) is 0.0817. The van der Waals surface area contributed by atoms with Crippen LogP contribution in [0, 0.1) is 6.92 Å². The van der Waals surface area contributed by atoms with Gasteiger partial charge in [0.15, 0.2) is 0 Å². The molecule has 0 N–H and O–H groups in total. The predicted octanol–water partition coefficient (Wildman–Crippen LogP) is 4.23. The van der Waals surface area contributed by atoms with Crippen molar-refractivity contribution in [2.75, 3.05) is 6.61 Å². The topological polar surface area (TPSA) is 77.5 Å². The maximum absolute atomic E-state index is 13.2. The van der Waals surface area contributed by atoms with Gasteiger partial charge in [-0.25, -0.2) is 16.8 Å². The summed E-state index contributed by atoms with van der Waals surface area (Å²) in [7, 11) is -7.92. The average Bonchev–Trinajstić information content (AvgIpc) is 2.73. The van der Waals surface area contributed by atoms with Crippen molar-refractivity contribution in [2.45, 2.75) is 26.5 Å². The summed E-state index contributed by atoms with van der Waals surface area (Å²) in [5.41, 5.74) is 0.389. The Kier molecular flexibility index (Phi) is 5.91. The second kappa shape index (κ2) is 8.23. The largest absolute Gasteiger partial charge is 0.488 e. The molecule has 0 saturated carbocycles. The third kappa shape index (κ3) is 4.11. The lowest BCUT2D eigenvalue weighted by Gasteiger charge is -2.16. The molecule has 0 heterocycles. The van der Waals surface area contributed by atoms with E-state index in [1.807, 2.05) is 0 Å². The summed E-state index contributed by atoms with van der Waals surface area (Å²) in [5, 5.41) is 0. The molecule has 0 aromatic heterocycles. The molecule has 0 saturated heterocycles. The fourth-order valence-corrected chi connectivity index (χ4v) is 5.88. The van der Waals surface area contributed by atoms with Crippen molar-refractivity contribution in [3.63, 3.8) is 0 Å². The molecule has 0 aliphatic heterocycles. The lowest BCUT2D eigenvalue weighted by atomic mass is 10.2. The normalized spacial score (nSPS) is 11.8. The molecule has 0 unspecified atom stereocenters. The SMILES string of the molecule is C=CCOc1cc(C)c(S(=O)(=O)c2ccccc2)cc1S(=O)(=O)c1ccccc1. The van der Waals surface area contributed by atoms with Crippen molar-refractivity contribution in [3.8, 4) is 5.75 Å². The lowest BCUT2D eigenvalue weighted by molar-refractivity contribution is 0.352. The molecule has 3 aromatic rings. The minimum Gasteiger partial charge on any atom is -0.488 e. The number of hydrogen-bond acceptors (Lipinski definition) is 5. The van der Waals surface area contributed by atoms with Crippen molar-refractivity contribution in [1.29, 1.82) is 0 Å². The summed E-state index contributed by atoms with van der Waals surface area (Å²) >= 11 is 0. The number of aryl methyl sites for hydroxylation is 1. The van der Waals surface area contributed by atoms with Gasteiger partial charge in [-0.15, -0.1) is 0 Å². The lowest BCUT2D eigenvalue weighted by Crippen LogP contribution is -2.10. The fourth-order valence-electron chi connectivity index (χ4n) is 2.86. The first kappa shape index (κ1) is 20.8. The Labute approximate surface area is 171 Å². The van der Waals surface area contributed by atoms with E-state index in [0.29, 0.717) is 5.56 Å². The van der Waals surface area contributed by atoms with Gasteiger partial charge < -0.3 is 4.74 Å². The Balaban J connectivity index is 2.27. The molecule has 29 heavy (non-hydrogen) atoms. The van der Waals surface area contributed by atoms with Gasteiger partial charge in [-0.3, -0.25) is 0 Å². The Morgan fingerprint density at radius 1 is 0.793 bits per heavy atom. The van der Waals surface area contributed by atoms with Crippen LogP contribution in [0.3, 0.4) is 0 Å². The van der Waals surface area contributed by atoms with Gasteiger partial charge in [-0.05, 0) is 48.9 Å². The van der Waals surface area contributed by atoms with Crippen LogP contribution in [0.4, 0.5) is 0 Å². The van der Waals surface area contributed by atoms with Gasteiger partial charge in [0.25, 0.3) is 0 Å². The molecule has 0 aliphatic rings. The van der Waals surface area contributed by atoms with Crippen molar-refractivity contribution < 1.29 is 21.6 Å². The molecule has 5 nitrogen and oxygen atoms in total. The Bertz CT molecular complexity index is 1230. The van der Waals surface area contributed by atoms with E-state index in [4.69, 9.17) is 4.74 Å². The Morgan fingerprint density at radius 3 is 1.76 bits per heavy atom. The van der Waals surface area contributed by atoms with E-state index in [2.05, 4.69) is 6.58 Å². The zero-order valence-corrected chi connectivity index (χ0v) is 17.4. The number of benzene rings is 3. The van der Waals surface area contributed by atoms with E-state index in [1.54, 1.807) is 43.3 Å². The summed E-state index contributed by atoms with van der Waals surface area (Å²) in [4.78, 5) is -0.143. The van der Waals surface area contributed by atoms with Crippen molar-refractivity contribution in [3.05, 3.63) is 91.0 Å². The minimum atomic E-state index is -4.01. The van der Waals surface area contributed by atoms with E-state index >= 15 is 0 Å². The molecule has 0 fully saturated rings. The summed E-state index contributed by atoms with van der Waals surface area (Å²) in [6, 6.07) is 18.3. The monoisotopic (exact) mass is 428 g/mol. The summed E-state index contributed by atoms with van der Waals surface area (Å²) in [6.07, 6.45) is 1.49. The second-order valence-electron chi connectivity index (χ2n) is 6.30. The fraction of sp³-hybridized carbons (Fsp3) is 0.0909. The molecular weight excluding hydrogens is 408 g/mol. The number of rotatable bonds is 7. The van der Waals surface area contributed by atoms with E-state index in [1.165, 1.54) is 42.5 Å². The highest BCUT2D eigenvalue weighted by molar-refractivity contribution is 7.92. The van der Waals surface area contributed by atoms with Crippen molar-refractivity contribution in [2.24, 2.45) is 0 Å². The molecule has 7 heteroatoms. The number of ether oxygens (including phenoxy) is 1. The van der Waals surface area contributed by atoms with Crippen LogP contribution in [0.25, 0.3) is 0 Å². The van der Waals surface area contributed by atoms with Crippen LogP contribution < -0.4 is 4.74 Å². The van der Waals surface area contributed by atoms with Crippen molar-refractivity contribution in [1.82, 2.24) is 0 Å². The smallest absolute Gasteiger partial charge is 0.210 e. The highest BCUT2D eigenvalue weighted by Gasteiger charge is 2.28. The first-order valence-corrected chi connectivity index (χ1v) is 11.7. The van der Waals surface area contributed by atoms with Crippen molar-refractivity contribution >= 4 is 19.7 Å². The van der Waals surface area contributed by atoms with Crippen LogP contribution in [0.15, 0.2) is 105 Å². The second-order valence-corrected chi connectivity index (χ2v) is 10.1. The number of sulfone groups is 2. The quantitative estimate of drug-likeness (QED) is 0.527.